The summed E-state index contributed by atoms with van der Waals surface area (Å²) in [5, 5.41) is 3.37. The summed E-state index contributed by atoms with van der Waals surface area (Å²) in [4.78, 5) is 0. The molecule has 0 heterocycles. The summed E-state index contributed by atoms with van der Waals surface area (Å²) < 4.78 is 14.5. The van der Waals surface area contributed by atoms with Crippen molar-refractivity contribution in [3.05, 3.63) is 40.1 Å². The minimum Gasteiger partial charge on any atom is -0.316 e. The Morgan fingerprint density at radius 1 is 1.44 bits per heavy atom. The fourth-order valence-electron chi connectivity index (χ4n) is 1.69. The average Bonchev–Trinajstić information content (AvgIpc) is 2.31. The molecule has 0 spiro atoms. The lowest BCUT2D eigenvalue weighted by molar-refractivity contribution is 0.557. The molecule has 0 fully saturated rings. The molecule has 0 bridgehead atoms. The predicted molar refractivity (Wildman–Crippen MR) is 80.1 cm³/mol. The van der Waals surface area contributed by atoms with Gasteiger partial charge in [0.2, 0.25) is 0 Å². The molecular formula is C15H21BrFN. The summed E-state index contributed by atoms with van der Waals surface area (Å²) in [5.41, 5.74) is 1.66. The van der Waals surface area contributed by atoms with Crippen molar-refractivity contribution in [2.45, 2.75) is 27.2 Å². The number of rotatable bonds is 6. The molecule has 0 aliphatic carbocycles. The Labute approximate surface area is 118 Å². The first-order valence-corrected chi connectivity index (χ1v) is 7.13. The maximum absolute atomic E-state index is 13.6. The van der Waals surface area contributed by atoms with E-state index in [-0.39, 0.29) is 5.82 Å². The quantitative estimate of drug-likeness (QED) is 0.755. The van der Waals surface area contributed by atoms with Gasteiger partial charge in [0.25, 0.3) is 0 Å². The van der Waals surface area contributed by atoms with Crippen LogP contribution in [0.15, 0.2) is 28.7 Å². The zero-order chi connectivity index (χ0) is 13.5. The van der Waals surface area contributed by atoms with Crippen molar-refractivity contribution < 1.29 is 4.39 Å². The fraction of sp³-hybridized carbons (Fsp3) is 0.467. The lowest BCUT2D eigenvalue weighted by Gasteiger charge is -2.07. The predicted octanol–water partition coefficient (Wildman–Crippen LogP) is 4.63. The van der Waals surface area contributed by atoms with E-state index in [4.69, 9.17) is 0 Å². The number of nitrogens with one attached hydrogen (secondary N) is 1. The molecule has 0 saturated heterocycles. The Hall–Kier alpha value is -0.670. The maximum atomic E-state index is 13.6. The topological polar surface area (TPSA) is 12.0 Å². The summed E-state index contributed by atoms with van der Waals surface area (Å²) in [5.74, 6) is 0.500. The molecule has 100 valence electrons. The first-order chi connectivity index (χ1) is 8.50. The molecule has 3 heteroatoms. The summed E-state index contributed by atoms with van der Waals surface area (Å²) in [6, 6.07) is 5.03. The van der Waals surface area contributed by atoms with Gasteiger partial charge in [-0.25, -0.2) is 4.39 Å². The number of benzene rings is 1. The molecule has 0 saturated carbocycles. The van der Waals surface area contributed by atoms with Crippen LogP contribution in [0.25, 0.3) is 5.57 Å². The highest BCUT2D eigenvalue weighted by Gasteiger charge is 2.04. The molecule has 1 nitrogen and oxygen atoms in total. The van der Waals surface area contributed by atoms with Crippen molar-refractivity contribution in [2.75, 3.05) is 13.1 Å². The van der Waals surface area contributed by atoms with E-state index in [0.717, 1.165) is 29.6 Å². The molecule has 0 unspecified atom stereocenters. The zero-order valence-electron chi connectivity index (χ0n) is 11.3. The van der Waals surface area contributed by atoms with Gasteiger partial charge in [-0.15, -0.1) is 0 Å². The molecule has 0 aliphatic rings. The molecule has 1 rings (SSSR count). The van der Waals surface area contributed by atoms with Gasteiger partial charge in [0.15, 0.2) is 0 Å². The van der Waals surface area contributed by atoms with Gasteiger partial charge >= 0.3 is 0 Å². The summed E-state index contributed by atoms with van der Waals surface area (Å²) in [7, 11) is 0. The lowest BCUT2D eigenvalue weighted by Crippen LogP contribution is -2.20. The minimum atomic E-state index is -0.165. The van der Waals surface area contributed by atoms with Gasteiger partial charge < -0.3 is 5.32 Å². The van der Waals surface area contributed by atoms with Crippen LogP contribution < -0.4 is 5.32 Å². The standard InChI is InChI=1S/C15H21BrFN/c1-11(2)10-18-8-4-5-12(3)14-9-13(16)6-7-15(14)17/h5-7,9,11,18H,4,8,10H2,1-3H3. The zero-order valence-corrected chi connectivity index (χ0v) is 12.8. The first kappa shape index (κ1) is 15.4. The number of hydrogen-bond acceptors (Lipinski definition) is 1. The molecule has 1 aromatic rings. The van der Waals surface area contributed by atoms with Crippen LogP contribution in [0.2, 0.25) is 0 Å². The van der Waals surface area contributed by atoms with Crippen LogP contribution >= 0.6 is 15.9 Å². The second-order valence-corrected chi connectivity index (χ2v) is 5.81. The Morgan fingerprint density at radius 2 is 2.17 bits per heavy atom. The Balaban J connectivity index is 2.52. The summed E-state index contributed by atoms with van der Waals surface area (Å²) >= 11 is 3.37. The van der Waals surface area contributed by atoms with Crippen molar-refractivity contribution >= 4 is 21.5 Å². The molecule has 0 aromatic heterocycles. The molecule has 1 aromatic carbocycles. The van der Waals surface area contributed by atoms with Gasteiger partial charge in [0, 0.05) is 10.0 Å². The summed E-state index contributed by atoms with van der Waals surface area (Å²) in [6.45, 7) is 8.28. The largest absolute Gasteiger partial charge is 0.316 e. The van der Waals surface area contributed by atoms with Gasteiger partial charge in [-0.05, 0) is 56.1 Å². The van der Waals surface area contributed by atoms with Crippen molar-refractivity contribution in [3.63, 3.8) is 0 Å². The van der Waals surface area contributed by atoms with E-state index in [0.29, 0.717) is 11.5 Å². The normalized spacial score (nSPS) is 12.2. The van der Waals surface area contributed by atoms with Crippen LogP contribution in [-0.2, 0) is 0 Å². The van der Waals surface area contributed by atoms with E-state index in [2.05, 4.69) is 41.2 Å². The third kappa shape index (κ3) is 5.32. The molecule has 0 aliphatic heterocycles. The lowest BCUT2D eigenvalue weighted by atomic mass is 10.1. The highest BCUT2D eigenvalue weighted by atomic mass is 79.9. The highest BCUT2D eigenvalue weighted by molar-refractivity contribution is 9.10. The molecular weight excluding hydrogens is 293 g/mol. The van der Waals surface area contributed by atoms with E-state index < -0.39 is 0 Å². The van der Waals surface area contributed by atoms with Crippen LogP contribution in [0.4, 0.5) is 4.39 Å². The molecule has 1 N–H and O–H groups in total. The van der Waals surface area contributed by atoms with Crippen LogP contribution in [0.5, 0.6) is 0 Å². The van der Waals surface area contributed by atoms with Crippen molar-refractivity contribution in [1.29, 1.82) is 0 Å². The smallest absolute Gasteiger partial charge is 0.130 e. The van der Waals surface area contributed by atoms with E-state index in [9.17, 15) is 4.39 Å². The van der Waals surface area contributed by atoms with Gasteiger partial charge in [-0.3, -0.25) is 0 Å². The monoisotopic (exact) mass is 313 g/mol. The second-order valence-electron chi connectivity index (χ2n) is 4.90. The average molecular weight is 314 g/mol. The third-order valence-electron chi connectivity index (χ3n) is 2.68. The fourth-order valence-corrected chi connectivity index (χ4v) is 2.05. The number of allylic oxidation sites excluding steroid dienone is 1. The maximum Gasteiger partial charge on any atom is 0.130 e. The third-order valence-corrected chi connectivity index (χ3v) is 3.17. The van der Waals surface area contributed by atoms with Crippen LogP contribution in [-0.4, -0.2) is 13.1 Å². The number of halogens is 2. The Kier molecular flexibility index (Phi) is 6.58. The minimum absolute atomic E-state index is 0.165. The van der Waals surface area contributed by atoms with E-state index >= 15 is 0 Å². The van der Waals surface area contributed by atoms with Gasteiger partial charge in [0.1, 0.15) is 5.82 Å². The van der Waals surface area contributed by atoms with Gasteiger partial charge in [0.05, 0.1) is 0 Å². The summed E-state index contributed by atoms with van der Waals surface area (Å²) in [6.07, 6.45) is 3.00. The number of hydrogen-bond donors (Lipinski definition) is 1. The van der Waals surface area contributed by atoms with Crippen molar-refractivity contribution in [2.24, 2.45) is 5.92 Å². The van der Waals surface area contributed by atoms with E-state index in [1.807, 2.05) is 13.0 Å². The SMILES string of the molecule is CC(=CCCNCC(C)C)c1cc(Br)ccc1F. The highest BCUT2D eigenvalue weighted by Crippen LogP contribution is 2.22. The van der Waals surface area contributed by atoms with Crippen LogP contribution in [0.1, 0.15) is 32.8 Å². The van der Waals surface area contributed by atoms with Crippen LogP contribution in [0.3, 0.4) is 0 Å². The Morgan fingerprint density at radius 3 is 2.83 bits per heavy atom. The second kappa shape index (κ2) is 7.70. The van der Waals surface area contributed by atoms with Crippen LogP contribution in [0, 0.1) is 11.7 Å². The molecule has 0 amide bonds. The van der Waals surface area contributed by atoms with Crippen molar-refractivity contribution in [1.82, 2.24) is 5.32 Å². The van der Waals surface area contributed by atoms with Gasteiger partial charge in [-0.2, -0.15) is 0 Å². The van der Waals surface area contributed by atoms with Crippen molar-refractivity contribution in [3.8, 4) is 0 Å². The molecule has 18 heavy (non-hydrogen) atoms. The molecule has 0 radical (unpaired) electrons. The van der Waals surface area contributed by atoms with E-state index in [1.54, 1.807) is 6.07 Å². The first-order valence-electron chi connectivity index (χ1n) is 6.33. The van der Waals surface area contributed by atoms with E-state index in [1.165, 1.54) is 6.07 Å². The Bertz CT molecular complexity index is 413. The van der Waals surface area contributed by atoms with Gasteiger partial charge in [-0.1, -0.05) is 35.9 Å². The molecule has 0 atom stereocenters.